The SMILES string of the molecule is Cc1ccc(CC(CN(O)C(=O)C(C)(C)C)CN(C(N)=S)c2ccc(NS(C)(=O)=O)cc2)cc1C. The smallest absolute Gasteiger partial charge is 0.251 e. The summed E-state index contributed by atoms with van der Waals surface area (Å²) in [6, 6.07) is 12.9. The number of thiocarbonyl (C=S) groups is 1. The van der Waals surface area contributed by atoms with Crippen LogP contribution in [0.2, 0.25) is 0 Å². The van der Waals surface area contributed by atoms with Crippen LogP contribution >= 0.6 is 12.2 Å². The zero-order valence-corrected chi connectivity index (χ0v) is 22.8. The third kappa shape index (κ3) is 8.79. The zero-order valence-electron chi connectivity index (χ0n) is 21.2. The zero-order chi connectivity index (χ0) is 26.6. The van der Waals surface area contributed by atoms with Crippen molar-refractivity contribution in [1.82, 2.24) is 5.06 Å². The van der Waals surface area contributed by atoms with Crippen LogP contribution in [0.25, 0.3) is 0 Å². The van der Waals surface area contributed by atoms with Gasteiger partial charge in [0.25, 0.3) is 5.91 Å². The van der Waals surface area contributed by atoms with Gasteiger partial charge in [0.05, 0.1) is 12.8 Å². The Balaban J connectivity index is 2.33. The number of anilines is 2. The van der Waals surface area contributed by atoms with Gasteiger partial charge < -0.3 is 10.6 Å². The molecule has 1 atom stereocenters. The number of aryl methyl sites for hydroxylation is 2. The number of sulfonamides is 1. The van der Waals surface area contributed by atoms with E-state index in [0.717, 1.165) is 22.4 Å². The lowest BCUT2D eigenvalue weighted by molar-refractivity contribution is -0.176. The summed E-state index contributed by atoms with van der Waals surface area (Å²) in [7, 11) is -3.40. The quantitative estimate of drug-likeness (QED) is 0.261. The maximum absolute atomic E-state index is 12.6. The molecule has 0 aliphatic carbocycles. The van der Waals surface area contributed by atoms with E-state index in [1.165, 1.54) is 5.56 Å². The summed E-state index contributed by atoms with van der Waals surface area (Å²) in [6.07, 6.45) is 1.67. The van der Waals surface area contributed by atoms with E-state index in [-0.39, 0.29) is 23.5 Å². The molecule has 0 radical (unpaired) electrons. The molecule has 35 heavy (non-hydrogen) atoms. The lowest BCUT2D eigenvalue weighted by Crippen LogP contribution is -2.45. The third-order valence-electron chi connectivity index (χ3n) is 5.59. The van der Waals surface area contributed by atoms with Crippen molar-refractivity contribution in [3.63, 3.8) is 0 Å². The molecule has 0 saturated heterocycles. The Bertz CT molecular complexity index is 1160. The van der Waals surface area contributed by atoms with Crippen molar-refractivity contribution in [2.75, 3.05) is 29.0 Å². The minimum atomic E-state index is -3.40. The molecule has 0 heterocycles. The first-order valence-corrected chi connectivity index (χ1v) is 13.6. The second kappa shape index (κ2) is 11.4. The van der Waals surface area contributed by atoms with Gasteiger partial charge in [-0.15, -0.1) is 0 Å². The highest BCUT2D eigenvalue weighted by atomic mass is 32.2. The fraction of sp³-hybridized carbons (Fsp3) is 0.440. The van der Waals surface area contributed by atoms with Gasteiger partial charge in [-0.3, -0.25) is 14.7 Å². The molecule has 1 amide bonds. The predicted octanol–water partition coefficient (Wildman–Crippen LogP) is 3.85. The highest BCUT2D eigenvalue weighted by molar-refractivity contribution is 7.92. The number of hydrogen-bond acceptors (Lipinski definition) is 5. The molecule has 0 fully saturated rings. The van der Waals surface area contributed by atoms with Crippen LogP contribution in [0.3, 0.4) is 0 Å². The Morgan fingerprint density at radius 2 is 1.69 bits per heavy atom. The normalized spacial score (nSPS) is 12.7. The minimum absolute atomic E-state index is 0.0931. The van der Waals surface area contributed by atoms with Crippen molar-refractivity contribution in [3.05, 3.63) is 59.2 Å². The summed E-state index contributed by atoms with van der Waals surface area (Å²) >= 11 is 5.31. The number of hydrogen-bond donors (Lipinski definition) is 3. The Morgan fingerprint density at radius 3 is 2.17 bits per heavy atom. The first-order chi connectivity index (χ1) is 16.1. The second-order valence-electron chi connectivity index (χ2n) is 10.00. The van der Waals surface area contributed by atoms with Crippen LogP contribution in [0, 0.1) is 25.2 Å². The molecule has 0 saturated carbocycles. The van der Waals surface area contributed by atoms with E-state index in [1.807, 2.05) is 19.9 Å². The molecular formula is C25H36N4O4S2. The van der Waals surface area contributed by atoms with Gasteiger partial charge in [-0.2, -0.15) is 0 Å². The van der Waals surface area contributed by atoms with Crippen LogP contribution in [0.4, 0.5) is 11.4 Å². The van der Waals surface area contributed by atoms with Crippen molar-refractivity contribution in [3.8, 4) is 0 Å². The molecule has 0 aromatic heterocycles. The molecule has 0 bridgehead atoms. The Morgan fingerprint density at radius 1 is 1.09 bits per heavy atom. The van der Waals surface area contributed by atoms with Gasteiger partial charge in [-0.05, 0) is 73.4 Å². The lowest BCUT2D eigenvalue weighted by atomic mass is 9.93. The van der Waals surface area contributed by atoms with Crippen LogP contribution in [0.15, 0.2) is 42.5 Å². The van der Waals surface area contributed by atoms with E-state index in [4.69, 9.17) is 18.0 Å². The summed E-state index contributed by atoms with van der Waals surface area (Å²) in [5, 5.41) is 11.5. The lowest BCUT2D eigenvalue weighted by Gasteiger charge is -2.32. The van der Waals surface area contributed by atoms with Gasteiger partial charge in [0.2, 0.25) is 10.0 Å². The summed E-state index contributed by atoms with van der Waals surface area (Å²) in [5.74, 6) is -0.579. The average molecular weight is 521 g/mol. The van der Waals surface area contributed by atoms with E-state index in [1.54, 1.807) is 49.9 Å². The van der Waals surface area contributed by atoms with Crippen molar-refractivity contribution >= 4 is 44.6 Å². The Labute approximate surface area is 214 Å². The monoisotopic (exact) mass is 520 g/mol. The average Bonchev–Trinajstić information content (AvgIpc) is 2.72. The molecule has 8 nitrogen and oxygen atoms in total. The van der Waals surface area contributed by atoms with Gasteiger partial charge >= 0.3 is 0 Å². The van der Waals surface area contributed by atoms with Crippen molar-refractivity contribution in [2.24, 2.45) is 17.1 Å². The fourth-order valence-electron chi connectivity index (χ4n) is 3.67. The number of carbonyl (C=O) groups is 1. The number of nitrogens with one attached hydrogen (secondary N) is 1. The summed E-state index contributed by atoms with van der Waals surface area (Å²) < 4.78 is 25.4. The predicted molar refractivity (Wildman–Crippen MR) is 145 cm³/mol. The van der Waals surface area contributed by atoms with Crippen LogP contribution in [-0.2, 0) is 21.2 Å². The molecule has 4 N–H and O–H groups in total. The second-order valence-corrected chi connectivity index (χ2v) is 12.2. The van der Waals surface area contributed by atoms with Gasteiger partial charge in [0.15, 0.2) is 5.11 Å². The Hall–Kier alpha value is -2.69. The molecule has 192 valence electrons. The van der Waals surface area contributed by atoms with Crippen LogP contribution in [0.5, 0.6) is 0 Å². The van der Waals surface area contributed by atoms with Gasteiger partial charge in [-0.25, -0.2) is 13.5 Å². The van der Waals surface area contributed by atoms with E-state index in [0.29, 0.717) is 24.3 Å². The van der Waals surface area contributed by atoms with Crippen molar-refractivity contribution in [2.45, 2.75) is 41.0 Å². The number of nitrogens with two attached hydrogens (primary N) is 1. The van der Waals surface area contributed by atoms with Gasteiger partial charge in [-0.1, -0.05) is 39.0 Å². The number of hydroxylamine groups is 2. The molecule has 2 rings (SSSR count). The molecule has 10 heteroatoms. The minimum Gasteiger partial charge on any atom is -0.376 e. The van der Waals surface area contributed by atoms with E-state index >= 15 is 0 Å². The largest absolute Gasteiger partial charge is 0.376 e. The summed E-state index contributed by atoms with van der Waals surface area (Å²) in [4.78, 5) is 14.4. The number of carbonyl (C=O) groups excluding carboxylic acids is 1. The first-order valence-electron chi connectivity index (χ1n) is 11.3. The van der Waals surface area contributed by atoms with E-state index in [9.17, 15) is 18.4 Å². The van der Waals surface area contributed by atoms with E-state index in [2.05, 4.69) is 16.9 Å². The highest BCUT2D eigenvalue weighted by Crippen LogP contribution is 2.24. The molecule has 1 unspecified atom stereocenters. The topological polar surface area (TPSA) is 116 Å². The fourth-order valence-corrected chi connectivity index (χ4v) is 4.41. The molecular weight excluding hydrogens is 484 g/mol. The summed E-state index contributed by atoms with van der Waals surface area (Å²) in [5.41, 5.74) is 9.84. The maximum Gasteiger partial charge on any atom is 0.251 e. The number of rotatable bonds is 9. The molecule has 2 aromatic rings. The van der Waals surface area contributed by atoms with Crippen molar-refractivity contribution < 1.29 is 18.4 Å². The summed E-state index contributed by atoms with van der Waals surface area (Å²) in [6.45, 7) is 9.79. The standard InChI is InChI=1S/C25H36N4O4S2/c1-17-7-8-19(13-18(17)2)14-20(16-29(31)23(30)25(3,4)5)15-28(24(26)34)22-11-9-21(10-12-22)27-35(6,32)33/h7-13,20,27,31H,14-16H2,1-6H3,(H2,26,34). The molecule has 2 aromatic carbocycles. The molecule has 0 aliphatic rings. The van der Waals surface area contributed by atoms with Crippen LogP contribution in [-0.4, -0.2) is 49.1 Å². The van der Waals surface area contributed by atoms with Gasteiger partial charge in [0.1, 0.15) is 0 Å². The number of amides is 1. The number of benzene rings is 2. The molecule has 0 spiro atoms. The van der Waals surface area contributed by atoms with Crippen LogP contribution < -0.4 is 15.4 Å². The van der Waals surface area contributed by atoms with Crippen LogP contribution in [0.1, 0.15) is 37.5 Å². The van der Waals surface area contributed by atoms with E-state index < -0.39 is 15.4 Å². The van der Waals surface area contributed by atoms with Gasteiger partial charge in [0, 0.05) is 29.3 Å². The number of nitrogens with zero attached hydrogens (tertiary/aromatic N) is 2. The highest BCUT2D eigenvalue weighted by Gasteiger charge is 2.29. The third-order valence-corrected chi connectivity index (χ3v) is 6.42. The van der Waals surface area contributed by atoms with Crippen molar-refractivity contribution in [1.29, 1.82) is 0 Å². The maximum atomic E-state index is 12.6. The molecule has 0 aliphatic heterocycles. The Kier molecular flexibility index (Phi) is 9.27. The first kappa shape index (κ1) is 28.5.